The van der Waals surface area contributed by atoms with Gasteiger partial charge in [-0.1, -0.05) is 38.1 Å². The Labute approximate surface area is 142 Å². The number of hydrogen-bond acceptors (Lipinski definition) is 3. The lowest BCUT2D eigenvalue weighted by Crippen LogP contribution is -2.16. The van der Waals surface area contributed by atoms with Crippen LogP contribution in [0.2, 0.25) is 0 Å². The SMILES string of the molecule is CC(C)c1ccc(C=CC(=O)Nc2ccc3c(c2)OCCO3)cc1. The Hall–Kier alpha value is -2.75. The molecule has 1 N–H and O–H groups in total. The predicted molar refractivity (Wildman–Crippen MR) is 95.6 cm³/mol. The first-order valence-corrected chi connectivity index (χ1v) is 8.10. The van der Waals surface area contributed by atoms with Crippen LogP contribution in [0.5, 0.6) is 11.5 Å². The number of ether oxygens (including phenoxy) is 2. The number of anilines is 1. The van der Waals surface area contributed by atoms with E-state index in [1.807, 2.05) is 12.1 Å². The van der Waals surface area contributed by atoms with Crippen molar-refractivity contribution < 1.29 is 14.3 Å². The van der Waals surface area contributed by atoms with Crippen molar-refractivity contribution in [2.45, 2.75) is 19.8 Å². The highest BCUT2D eigenvalue weighted by Crippen LogP contribution is 2.32. The van der Waals surface area contributed by atoms with Crippen molar-refractivity contribution in [2.24, 2.45) is 0 Å². The minimum atomic E-state index is -0.181. The molecule has 4 nitrogen and oxygen atoms in total. The maximum Gasteiger partial charge on any atom is 0.248 e. The van der Waals surface area contributed by atoms with Crippen molar-refractivity contribution in [3.63, 3.8) is 0 Å². The van der Waals surface area contributed by atoms with Gasteiger partial charge in [-0.05, 0) is 35.3 Å². The molecule has 124 valence electrons. The summed E-state index contributed by atoms with van der Waals surface area (Å²) in [4.78, 5) is 12.1. The minimum Gasteiger partial charge on any atom is -0.486 e. The van der Waals surface area contributed by atoms with E-state index in [0.29, 0.717) is 36.3 Å². The van der Waals surface area contributed by atoms with E-state index >= 15 is 0 Å². The van der Waals surface area contributed by atoms with Gasteiger partial charge in [0.1, 0.15) is 13.2 Å². The second kappa shape index (κ2) is 7.21. The molecule has 2 aromatic rings. The molecule has 0 atom stereocenters. The van der Waals surface area contributed by atoms with Gasteiger partial charge in [0, 0.05) is 17.8 Å². The van der Waals surface area contributed by atoms with Crippen molar-refractivity contribution in [1.82, 2.24) is 0 Å². The Morgan fingerprint density at radius 1 is 1.04 bits per heavy atom. The van der Waals surface area contributed by atoms with E-state index in [2.05, 4.69) is 31.3 Å². The van der Waals surface area contributed by atoms with Gasteiger partial charge in [0.15, 0.2) is 11.5 Å². The van der Waals surface area contributed by atoms with Gasteiger partial charge in [-0.15, -0.1) is 0 Å². The third-order valence-corrected chi connectivity index (χ3v) is 3.84. The van der Waals surface area contributed by atoms with Crippen LogP contribution in [0, 0.1) is 0 Å². The molecule has 0 aliphatic carbocycles. The molecule has 0 bridgehead atoms. The summed E-state index contributed by atoms with van der Waals surface area (Å²) in [6.45, 7) is 5.39. The molecular formula is C20H21NO3. The van der Waals surface area contributed by atoms with Gasteiger partial charge >= 0.3 is 0 Å². The van der Waals surface area contributed by atoms with E-state index in [9.17, 15) is 4.79 Å². The largest absolute Gasteiger partial charge is 0.486 e. The second-order valence-electron chi connectivity index (χ2n) is 6.00. The molecule has 24 heavy (non-hydrogen) atoms. The number of amides is 1. The molecule has 0 fully saturated rings. The third kappa shape index (κ3) is 3.96. The number of hydrogen-bond donors (Lipinski definition) is 1. The topological polar surface area (TPSA) is 47.6 Å². The van der Waals surface area contributed by atoms with Gasteiger partial charge in [0.05, 0.1) is 0 Å². The standard InChI is InChI=1S/C20H21NO3/c1-14(2)16-6-3-15(4-7-16)5-10-20(22)21-17-8-9-18-19(13-17)24-12-11-23-18/h3-10,13-14H,11-12H2,1-2H3,(H,21,22). The van der Waals surface area contributed by atoms with E-state index in [1.54, 1.807) is 24.3 Å². The van der Waals surface area contributed by atoms with Gasteiger partial charge in [0.25, 0.3) is 0 Å². The fourth-order valence-electron chi connectivity index (χ4n) is 2.47. The first-order chi connectivity index (χ1) is 11.6. The number of nitrogens with one attached hydrogen (secondary N) is 1. The molecular weight excluding hydrogens is 302 g/mol. The molecule has 1 heterocycles. The molecule has 1 aliphatic rings. The van der Waals surface area contributed by atoms with Gasteiger partial charge in [0.2, 0.25) is 5.91 Å². The minimum absolute atomic E-state index is 0.181. The summed E-state index contributed by atoms with van der Waals surface area (Å²) in [5, 5.41) is 2.83. The Balaban J connectivity index is 1.62. The Morgan fingerprint density at radius 3 is 2.46 bits per heavy atom. The molecule has 3 rings (SSSR count). The quantitative estimate of drug-likeness (QED) is 0.856. The van der Waals surface area contributed by atoms with Crippen LogP contribution in [0.25, 0.3) is 6.08 Å². The lowest BCUT2D eigenvalue weighted by atomic mass is 10.0. The van der Waals surface area contributed by atoms with Crippen molar-refractivity contribution in [2.75, 3.05) is 18.5 Å². The molecule has 0 saturated heterocycles. The van der Waals surface area contributed by atoms with Crippen LogP contribution in [0.3, 0.4) is 0 Å². The molecule has 0 spiro atoms. The van der Waals surface area contributed by atoms with Gasteiger partial charge in [-0.25, -0.2) is 0 Å². The van der Waals surface area contributed by atoms with Crippen LogP contribution >= 0.6 is 0 Å². The number of rotatable bonds is 4. The van der Waals surface area contributed by atoms with Crippen LogP contribution in [-0.4, -0.2) is 19.1 Å². The van der Waals surface area contributed by atoms with Crippen LogP contribution in [0.15, 0.2) is 48.5 Å². The van der Waals surface area contributed by atoms with E-state index in [4.69, 9.17) is 9.47 Å². The van der Waals surface area contributed by atoms with Gasteiger partial charge < -0.3 is 14.8 Å². The van der Waals surface area contributed by atoms with Crippen LogP contribution in [0.1, 0.15) is 30.9 Å². The maximum absolute atomic E-state index is 12.1. The summed E-state index contributed by atoms with van der Waals surface area (Å²) < 4.78 is 11.0. The molecule has 1 amide bonds. The fraction of sp³-hybridized carbons (Fsp3) is 0.250. The number of fused-ring (bicyclic) bond motifs is 1. The van der Waals surface area contributed by atoms with Crippen LogP contribution in [-0.2, 0) is 4.79 Å². The highest BCUT2D eigenvalue weighted by molar-refractivity contribution is 6.02. The van der Waals surface area contributed by atoms with Gasteiger partial charge in [-0.3, -0.25) is 4.79 Å². The zero-order valence-corrected chi connectivity index (χ0v) is 13.9. The van der Waals surface area contributed by atoms with Crippen molar-refractivity contribution >= 4 is 17.7 Å². The van der Waals surface area contributed by atoms with Gasteiger partial charge in [-0.2, -0.15) is 0 Å². The third-order valence-electron chi connectivity index (χ3n) is 3.84. The summed E-state index contributed by atoms with van der Waals surface area (Å²) in [5.41, 5.74) is 2.97. The molecule has 0 unspecified atom stereocenters. The molecule has 2 aromatic carbocycles. The highest BCUT2D eigenvalue weighted by atomic mass is 16.6. The van der Waals surface area contributed by atoms with E-state index in [-0.39, 0.29) is 5.91 Å². The summed E-state index contributed by atoms with van der Waals surface area (Å²) in [7, 11) is 0. The van der Waals surface area contributed by atoms with Crippen LogP contribution in [0.4, 0.5) is 5.69 Å². The number of carbonyl (C=O) groups excluding carboxylic acids is 1. The fourth-order valence-corrected chi connectivity index (χ4v) is 2.47. The van der Waals surface area contributed by atoms with E-state index in [0.717, 1.165) is 5.56 Å². The summed E-state index contributed by atoms with van der Waals surface area (Å²) in [6, 6.07) is 13.6. The zero-order valence-electron chi connectivity index (χ0n) is 13.9. The Kier molecular flexibility index (Phi) is 4.85. The average Bonchev–Trinajstić information content (AvgIpc) is 2.60. The second-order valence-corrected chi connectivity index (χ2v) is 6.00. The number of benzene rings is 2. The smallest absolute Gasteiger partial charge is 0.248 e. The predicted octanol–water partition coefficient (Wildman–Crippen LogP) is 4.23. The zero-order chi connectivity index (χ0) is 16.9. The number of carbonyl (C=O) groups is 1. The van der Waals surface area contributed by atoms with Crippen molar-refractivity contribution in [3.05, 3.63) is 59.7 Å². The summed E-state index contributed by atoms with van der Waals surface area (Å²) in [6.07, 6.45) is 3.33. The summed E-state index contributed by atoms with van der Waals surface area (Å²) >= 11 is 0. The highest BCUT2D eigenvalue weighted by Gasteiger charge is 2.12. The Morgan fingerprint density at radius 2 is 1.75 bits per heavy atom. The monoisotopic (exact) mass is 323 g/mol. The lowest BCUT2D eigenvalue weighted by Gasteiger charge is -2.18. The first kappa shape index (κ1) is 16.1. The normalized spacial score (nSPS) is 13.3. The first-order valence-electron chi connectivity index (χ1n) is 8.10. The lowest BCUT2D eigenvalue weighted by molar-refractivity contribution is -0.111. The molecule has 1 aliphatic heterocycles. The molecule has 0 aromatic heterocycles. The average molecular weight is 323 g/mol. The molecule has 0 radical (unpaired) electrons. The van der Waals surface area contributed by atoms with Crippen molar-refractivity contribution in [3.8, 4) is 11.5 Å². The molecule has 4 heteroatoms. The Bertz CT molecular complexity index is 748. The van der Waals surface area contributed by atoms with E-state index < -0.39 is 0 Å². The maximum atomic E-state index is 12.1. The van der Waals surface area contributed by atoms with Crippen molar-refractivity contribution in [1.29, 1.82) is 0 Å². The van der Waals surface area contributed by atoms with Crippen LogP contribution < -0.4 is 14.8 Å². The molecule has 0 saturated carbocycles. The summed E-state index contributed by atoms with van der Waals surface area (Å²) in [5.74, 6) is 1.69. The van der Waals surface area contributed by atoms with E-state index in [1.165, 1.54) is 11.6 Å².